The van der Waals surface area contributed by atoms with Crippen LogP contribution in [0, 0.1) is 0 Å². The second kappa shape index (κ2) is 6.61. The molecule has 20 heavy (non-hydrogen) atoms. The van der Waals surface area contributed by atoms with Gasteiger partial charge >= 0.3 is 6.09 Å². The Hall–Kier alpha value is -1.75. The van der Waals surface area contributed by atoms with Crippen molar-refractivity contribution in [1.29, 1.82) is 0 Å². The molecule has 0 saturated carbocycles. The summed E-state index contributed by atoms with van der Waals surface area (Å²) < 4.78 is 10.1. The minimum Gasteiger partial charge on any atom is -0.495 e. The van der Waals surface area contributed by atoms with Gasteiger partial charge in [-0.3, -0.25) is 0 Å². The highest BCUT2D eigenvalue weighted by atomic mass is 35.5. The topological polar surface area (TPSA) is 73.9 Å². The van der Waals surface area contributed by atoms with Gasteiger partial charge in [0.05, 0.1) is 12.1 Å². The van der Waals surface area contributed by atoms with Gasteiger partial charge in [-0.05, 0) is 38.5 Å². The third-order valence-electron chi connectivity index (χ3n) is 2.23. The van der Waals surface area contributed by atoms with Crippen molar-refractivity contribution in [3.05, 3.63) is 28.8 Å². The van der Waals surface area contributed by atoms with Crippen LogP contribution in [0.3, 0.4) is 0 Å². The average Bonchev–Trinajstić information content (AvgIpc) is 2.25. The van der Waals surface area contributed by atoms with E-state index in [-0.39, 0.29) is 5.84 Å². The van der Waals surface area contributed by atoms with Gasteiger partial charge in [0, 0.05) is 6.42 Å². The van der Waals surface area contributed by atoms with Gasteiger partial charge in [0.25, 0.3) is 0 Å². The normalized spacial score (nSPS) is 12.2. The number of nitrogens with zero attached hydrogens (tertiary/aromatic N) is 1. The zero-order valence-electron chi connectivity index (χ0n) is 12.1. The molecule has 0 unspecified atom stereocenters. The van der Waals surface area contributed by atoms with Gasteiger partial charge in [-0.1, -0.05) is 17.7 Å². The monoisotopic (exact) mass is 298 g/mol. The van der Waals surface area contributed by atoms with Crippen LogP contribution in [0.15, 0.2) is 23.2 Å². The molecule has 0 radical (unpaired) electrons. The van der Waals surface area contributed by atoms with Crippen LogP contribution in [0.25, 0.3) is 0 Å². The van der Waals surface area contributed by atoms with Crippen molar-refractivity contribution >= 4 is 23.5 Å². The average molecular weight is 299 g/mol. The molecule has 6 heteroatoms. The Balaban J connectivity index is 2.73. The summed E-state index contributed by atoms with van der Waals surface area (Å²) in [6.45, 7) is 5.29. The Morgan fingerprint density at radius 2 is 2.05 bits per heavy atom. The SMILES string of the molecule is COc1ccc(C/C(N)=N/C(=O)OC(C)(C)C)cc1Cl. The Kier molecular flexibility index (Phi) is 5.39. The molecule has 110 valence electrons. The summed E-state index contributed by atoms with van der Waals surface area (Å²) in [6, 6.07) is 5.26. The number of benzene rings is 1. The molecular weight excluding hydrogens is 280 g/mol. The van der Waals surface area contributed by atoms with Crippen LogP contribution in [0.5, 0.6) is 5.75 Å². The molecule has 2 N–H and O–H groups in total. The fraction of sp³-hybridized carbons (Fsp3) is 0.429. The van der Waals surface area contributed by atoms with Crippen LogP contribution in [0.4, 0.5) is 4.79 Å². The van der Waals surface area contributed by atoms with Gasteiger partial charge in [-0.15, -0.1) is 0 Å². The van der Waals surface area contributed by atoms with Crippen LogP contribution in [-0.2, 0) is 11.2 Å². The molecule has 0 saturated heterocycles. The van der Waals surface area contributed by atoms with Crippen molar-refractivity contribution in [3.63, 3.8) is 0 Å². The molecule has 0 spiro atoms. The lowest BCUT2D eigenvalue weighted by atomic mass is 10.1. The van der Waals surface area contributed by atoms with Crippen LogP contribution in [0.2, 0.25) is 5.02 Å². The number of carbonyl (C=O) groups excluding carboxylic acids is 1. The van der Waals surface area contributed by atoms with E-state index in [0.29, 0.717) is 17.2 Å². The number of methoxy groups -OCH3 is 1. The number of nitrogens with two attached hydrogens (primary N) is 1. The smallest absolute Gasteiger partial charge is 0.435 e. The van der Waals surface area contributed by atoms with Crippen molar-refractivity contribution < 1.29 is 14.3 Å². The van der Waals surface area contributed by atoms with Crippen molar-refractivity contribution in [2.45, 2.75) is 32.8 Å². The molecule has 1 rings (SSSR count). The summed E-state index contributed by atoms with van der Waals surface area (Å²) in [7, 11) is 1.54. The summed E-state index contributed by atoms with van der Waals surface area (Å²) >= 11 is 6.01. The zero-order valence-corrected chi connectivity index (χ0v) is 12.8. The van der Waals surface area contributed by atoms with E-state index >= 15 is 0 Å². The zero-order chi connectivity index (χ0) is 15.3. The van der Waals surface area contributed by atoms with Gasteiger partial charge in [-0.2, -0.15) is 4.99 Å². The number of aliphatic imine (C=N–C) groups is 1. The number of halogens is 1. The van der Waals surface area contributed by atoms with Crippen LogP contribution in [0.1, 0.15) is 26.3 Å². The third-order valence-corrected chi connectivity index (χ3v) is 2.53. The second-order valence-corrected chi connectivity index (χ2v) is 5.64. The van der Waals surface area contributed by atoms with Gasteiger partial charge in [-0.25, -0.2) is 4.79 Å². The molecule has 0 aliphatic carbocycles. The summed E-state index contributed by atoms with van der Waals surface area (Å²) in [5.74, 6) is 0.749. The highest BCUT2D eigenvalue weighted by Gasteiger charge is 2.16. The van der Waals surface area contributed by atoms with Crippen LogP contribution >= 0.6 is 11.6 Å². The summed E-state index contributed by atoms with van der Waals surface area (Å²) in [5, 5.41) is 0.482. The Morgan fingerprint density at radius 3 is 2.55 bits per heavy atom. The number of rotatable bonds is 3. The van der Waals surface area contributed by atoms with Crippen molar-refractivity contribution in [2.75, 3.05) is 7.11 Å². The molecule has 1 aromatic carbocycles. The number of amidine groups is 1. The van der Waals surface area contributed by atoms with Crippen molar-refractivity contribution in [1.82, 2.24) is 0 Å². The molecule has 0 aromatic heterocycles. The first kappa shape index (κ1) is 16.3. The number of ether oxygens (including phenoxy) is 2. The van der Waals surface area contributed by atoms with E-state index in [2.05, 4.69) is 4.99 Å². The lowest BCUT2D eigenvalue weighted by Crippen LogP contribution is -2.24. The summed E-state index contributed by atoms with van der Waals surface area (Å²) in [4.78, 5) is 15.2. The van der Waals surface area contributed by atoms with Crippen LogP contribution < -0.4 is 10.5 Å². The lowest BCUT2D eigenvalue weighted by molar-refractivity contribution is 0.0604. The molecule has 1 amide bonds. The third kappa shape index (κ3) is 5.48. The fourth-order valence-corrected chi connectivity index (χ4v) is 1.75. The number of hydrogen-bond acceptors (Lipinski definition) is 3. The van der Waals surface area contributed by atoms with E-state index in [0.717, 1.165) is 5.56 Å². The first-order valence-electron chi connectivity index (χ1n) is 6.09. The second-order valence-electron chi connectivity index (χ2n) is 5.23. The predicted molar refractivity (Wildman–Crippen MR) is 79.6 cm³/mol. The Morgan fingerprint density at radius 1 is 1.40 bits per heavy atom. The van der Waals surface area contributed by atoms with Crippen molar-refractivity contribution in [3.8, 4) is 5.75 Å². The molecule has 0 fully saturated rings. The molecule has 0 atom stereocenters. The maximum absolute atomic E-state index is 11.5. The standard InChI is InChI=1S/C14H19ClN2O3/c1-14(2,3)20-13(18)17-12(16)8-9-5-6-11(19-4)10(15)7-9/h5-7H,8H2,1-4H3,(H2,16,17,18). The van der Waals surface area contributed by atoms with E-state index in [1.165, 1.54) is 0 Å². The van der Waals surface area contributed by atoms with E-state index in [4.69, 9.17) is 26.8 Å². The fourth-order valence-electron chi connectivity index (χ4n) is 1.47. The van der Waals surface area contributed by atoms with Crippen LogP contribution in [-0.4, -0.2) is 24.6 Å². The Labute approximate surface area is 123 Å². The minimum atomic E-state index is -0.699. The van der Waals surface area contributed by atoms with E-state index in [1.807, 2.05) is 6.07 Å². The highest BCUT2D eigenvalue weighted by molar-refractivity contribution is 6.32. The molecular formula is C14H19ClN2O3. The van der Waals surface area contributed by atoms with Gasteiger partial charge in [0.1, 0.15) is 17.2 Å². The maximum atomic E-state index is 11.5. The molecule has 5 nitrogen and oxygen atoms in total. The number of carbonyl (C=O) groups is 1. The Bertz CT molecular complexity index is 522. The minimum absolute atomic E-state index is 0.167. The number of hydrogen-bond donors (Lipinski definition) is 1. The van der Waals surface area contributed by atoms with E-state index in [1.54, 1.807) is 40.0 Å². The molecule has 0 bridgehead atoms. The first-order valence-corrected chi connectivity index (χ1v) is 6.47. The largest absolute Gasteiger partial charge is 0.495 e. The van der Waals surface area contributed by atoms with Crippen molar-refractivity contribution in [2.24, 2.45) is 10.7 Å². The van der Waals surface area contributed by atoms with Gasteiger partial charge < -0.3 is 15.2 Å². The van der Waals surface area contributed by atoms with E-state index < -0.39 is 11.7 Å². The predicted octanol–water partition coefficient (Wildman–Crippen LogP) is 3.18. The quantitative estimate of drug-likeness (QED) is 0.687. The van der Waals surface area contributed by atoms with E-state index in [9.17, 15) is 4.79 Å². The molecule has 0 aliphatic rings. The maximum Gasteiger partial charge on any atom is 0.435 e. The van der Waals surface area contributed by atoms with Gasteiger partial charge in [0.2, 0.25) is 0 Å². The number of amides is 1. The van der Waals surface area contributed by atoms with Gasteiger partial charge in [0.15, 0.2) is 0 Å². The summed E-state index contributed by atoms with van der Waals surface area (Å²) in [5.41, 5.74) is 5.96. The molecule has 0 aliphatic heterocycles. The molecule has 0 heterocycles. The first-order chi connectivity index (χ1) is 9.21. The summed E-state index contributed by atoms with van der Waals surface area (Å²) in [6.07, 6.45) is -0.391. The lowest BCUT2D eigenvalue weighted by Gasteiger charge is -2.17. The molecule has 1 aromatic rings. The highest BCUT2D eigenvalue weighted by Crippen LogP contribution is 2.25.